The molecule has 0 saturated carbocycles. The maximum absolute atomic E-state index is 12.4. The molecule has 1 heterocycles. The second kappa shape index (κ2) is 9.31. The molecule has 0 saturated heterocycles. The van der Waals surface area contributed by atoms with Gasteiger partial charge in [0, 0.05) is 13.0 Å². The Bertz CT molecular complexity index is 813. The highest BCUT2D eigenvalue weighted by molar-refractivity contribution is 6.21. The molecular formula is C23H26N2O3. The van der Waals surface area contributed by atoms with Gasteiger partial charge < -0.3 is 5.32 Å². The van der Waals surface area contributed by atoms with Gasteiger partial charge >= 0.3 is 0 Å². The summed E-state index contributed by atoms with van der Waals surface area (Å²) >= 11 is 0. The van der Waals surface area contributed by atoms with Crippen LogP contribution < -0.4 is 5.32 Å². The van der Waals surface area contributed by atoms with Gasteiger partial charge in [0.1, 0.15) is 0 Å². The first-order valence-corrected chi connectivity index (χ1v) is 9.91. The van der Waals surface area contributed by atoms with E-state index in [-0.39, 0.29) is 36.7 Å². The Kier molecular flexibility index (Phi) is 6.58. The third-order valence-electron chi connectivity index (χ3n) is 5.05. The van der Waals surface area contributed by atoms with Crippen molar-refractivity contribution in [3.8, 4) is 0 Å². The summed E-state index contributed by atoms with van der Waals surface area (Å²) in [5.41, 5.74) is 1.99. The maximum Gasteiger partial charge on any atom is 0.261 e. The van der Waals surface area contributed by atoms with Gasteiger partial charge in [-0.1, -0.05) is 62.2 Å². The van der Waals surface area contributed by atoms with Gasteiger partial charge in [-0.05, 0) is 30.5 Å². The standard InChI is InChI=1S/C23H26N2O3/c1-2-3-14-20(17-10-5-4-6-11-17)24-21(26)15-9-16-25-22(27)18-12-7-8-13-19(18)23(25)28/h4-8,10-13,20H,2-3,9,14-16H2,1H3,(H,24,26). The Hall–Kier alpha value is -2.95. The molecule has 1 aliphatic rings. The van der Waals surface area contributed by atoms with Crippen LogP contribution in [0.25, 0.3) is 0 Å². The molecule has 0 aromatic heterocycles. The van der Waals surface area contributed by atoms with Gasteiger partial charge in [-0.15, -0.1) is 0 Å². The van der Waals surface area contributed by atoms with E-state index in [4.69, 9.17) is 0 Å². The summed E-state index contributed by atoms with van der Waals surface area (Å²) in [4.78, 5) is 38.4. The Morgan fingerprint density at radius 3 is 2.14 bits per heavy atom. The first kappa shape index (κ1) is 19.8. The topological polar surface area (TPSA) is 66.5 Å². The van der Waals surface area contributed by atoms with Crippen molar-refractivity contribution in [1.82, 2.24) is 10.2 Å². The first-order valence-electron chi connectivity index (χ1n) is 9.91. The summed E-state index contributed by atoms with van der Waals surface area (Å²) in [6, 6.07) is 16.8. The molecule has 5 nitrogen and oxygen atoms in total. The number of carbonyl (C=O) groups excluding carboxylic acids is 3. The normalized spacial score (nSPS) is 14.1. The zero-order chi connectivity index (χ0) is 19.9. The van der Waals surface area contributed by atoms with Crippen molar-refractivity contribution in [3.63, 3.8) is 0 Å². The Labute approximate surface area is 165 Å². The van der Waals surface area contributed by atoms with E-state index >= 15 is 0 Å². The second-order valence-corrected chi connectivity index (χ2v) is 7.08. The van der Waals surface area contributed by atoms with Crippen LogP contribution in [0.4, 0.5) is 0 Å². The summed E-state index contributed by atoms with van der Waals surface area (Å²) in [7, 11) is 0. The fourth-order valence-corrected chi connectivity index (χ4v) is 3.52. The molecule has 0 spiro atoms. The summed E-state index contributed by atoms with van der Waals surface area (Å²) in [5.74, 6) is -0.598. The van der Waals surface area contributed by atoms with Crippen LogP contribution in [0.3, 0.4) is 0 Å². The molecule has 1 unspecified atom stereocenters. The van der Waals surface area contributed by atoms with Crippen LogP contribution in [0, 0.1) is 0 Å². The van der Waals surface area contributed by atoms with E-state index in [9.17, 15) is 14.4 Å². The molecule has 28 heavy (non-hydrogen) atoms. The van der Waals surface area contributed by atoms with E-state index in [1.54, 1.807) is 24.3 Å². The molecule has 2 aromatic rings. The minimum absolute atomic E-state index is 0.00652. The van der Waals surface area contributed by atoms with Crippen molar-refractivity contribution in [1.29, 1.82) is 0 Å². The largest absolute Gasteiger partial charge is 0.349 e. The summed E-state index contributed by atoms with van der Waals surface area (Å²) in [5, 5.41) is 3.11. The van der Waals surface area contributed by atoms with Crippen LogP contribution in [-0.2, 0) is 4.79 Å². The van der Waals surface area contributed by atoms with E-state index in [1.807, 2.05) is 30.3 Å². The number of hydrogen-bond acceptors (Lipinski definition) is 3. The number of imide groups is 1. The lowest BCUT2D eigenvalue weighted by Gasteiger charge is -2.19. The van der Waals surface area contributed by atoms with Crippen LogP contribution in [0.2, 0.25) is 0 Å². The Morgan fingerprint density at radius 1 is 0.929 bits per heavy atom. The molecule has 0 bridgehead atoms. The molecule has 0 fully saturated rings. The number of fused-ring (bicyclic) bond motifs is 1. The van der Waals surface area contributed by atoms with Gasteiger partial charge in [0.15, 0.2) is 0 Å². The van der Waals surface area contributed by atoms with Gasteiger partial charge in [0.25, 0.3) is 11.8 Å². The number of nitrogens with one attached hydrogen (secondary N) is 1. The van der Waals surface area contributed by atoms with Crippen LogP contribution >= 0.6 is 0 Å². The van der Waals surface area contributed by atoms with Crippen molar-refractivity contribution in [2.75, 3.05) is 6.54 Å². The van der Waals surface area contributed by atoms with Crippen molar-refractivity contribution in [2.24, 2.45) is 0 Å². The zero-order valence-corrected chi connectivity index (χ0v) is 16.2. The highest BCUT2D eigenvalue weighted by Crippen LogP contribution is 2.23. The fourth-order valence-electron chi connectivity index (χ4n) is 3.52. The predicted octanol–water partition coefficient (Wildman–Crippen LogP) is 4.11. The van der Waals surface area contributed by atoms with Crippen LogP contribution in [-0.4, -0.2) is 29.2 Å². The number of unbranched alkanes of at least 4 members (excludes halogenated alkanes) is 1. The lowest BCUT2D eigenvalue weighted by atomic mass is 10.0. The Morgan fingerprint density at radius 2 is 1.54 bits per heavy atom. The maximum atomic E-state index is 12.4. The van der Waals surface area contributed by atoms with Gasteiger partial charge in [-0.25, -0.2) is 0 Å². The molecule has 3 amide bonds. The van der Waals surface area contributed by atoms with E-state index in [0.29, 0.717) is 17.5 Å². The third-order valence-corrected chi connectivity index (χ3v) is 5.05. The SMILES string of the molecule is CCCCC(NC(=O)CCCN1C(=O)c2ccccc2C1=O)c1ccccc1. The smallest absolute Gasteiger partial charge is 0.261 e. The third kappa shape index (κ3) is 4.47. The molecule has 1 aliphatic heterocycles. The highest BCUT2D eigenvalue weighted by Gasteiger charge is 2.34. The van der Waals surface area contributed by atoms with E-state index in [2.05, 4.69) is 12.2 Å². The summed E-state index contributed by atoms with van der Waals surface area (Å²) < 4.78 is 0. The van der Waals surface area contributed by atoms with Crippen LogP contribution in [0.15, 0.2) is 54.6 Å². The lowest BCUT2D eigenvalue weighted by Crippen LogP contribution is -2.33. The van der Waals surface area contributed by atoms with E-state index in [0.717, 1.165) is 24.8 Å². The fraction of sp³-hybridized carbons (Fsp3) is 0.348. The van der Waals surface area contributed by atoms with Gasteiger partial charge in [-0.2, -0.15) is 0 Å². The number of nitrogens with zero attached hydrogens (tertiary/aromatic N) is 1. The average Bonchev–Trinajstić information content (AvgIpc) is 2.97. The van der Waals surface area contributed by atoms with Gasteiger partial charge in [0.05, 0.1) is 17.2 Å². The minimum atomic E-state index is -0.272. The van der Waals surface area contributed by atoms with Crippen LogP contribution in [0.5, 0.6) is 0 Å². The number of hydrogen-bond donors (Lipinski definition) is 1. The second-order valence-electron chi connectivity index (χ2n) is 7.08. The van der Waals surface area contributed by atoms with E-state index < -0.39 is 0 Å². The monoisotopic (exact) mass is 378 g/mol. The zero-order valence-electron chi connectivity index (χ0n) is 16.2. The summed E-state index contributed by atoms with van der Waals surface area (Å²) in [6.45, 7) is 2.39. The summed E-state index contributed by atoms with van der Waals surface area (Å²) in [6.07, 6.45) is 3.73. The van der Waals surface area contributed by atoms with Crippen molar-refractivity contribution in [3.05, 3.63) is 71.3 Å². The molecule has 1 N–H and O–H groups in total. The first-order chi connectivity index (χ1) is 13.6. The van der Waals surface area contributed by atoms with Crippen molar-refractivity contribution >= 4 is 17.7 Å². The number of rotatable bonds is 9. The van der Waals surface area contributed by atoms with Gasteiger partial charge in [-0.3, -0.25) is 19.3 Å². The molecule has 1 atom stereocenters. The molecule has 2 aromatic carbocycles. The van der Waals surface area contributed by atoms with Crippen molar-refractivity contribution < 1.29 is 14.4 Å². The molecular weight excluding hydrogens is 352 g/mol. The number of amides is 3. The average molecular weight is 378 g/mol. The van der Waals surface area contributed by atoms with Crippen LogP contribution in [0.1, 0.15) is 71.3 Å². The molecule has 0 aliphatic carbocycles. The highest BCUT2D eigenvalue weighted by atomic mass is 16.2. The minimum Gasteiger partial charge on any atom is -0.349 e. The quantitative estimate of drug-likeness (QED) is 0.668. The number of benzene rings is 2. The predicted molar refractivity (Wildman–Crippen MR) is 108 cm³/mol. The molecule has 3 rings (SSSR count). The molecule has 146 valence electrons. The Balaban J connectivity index is 1.52. The van der Waals surface area contributed by atoms with Crippen molar-refractivity contribution in [2.45, 2.75) is 45.1 Å². The molecule has 5 heteroatoms. The molecule has 0 radical (unpaired) electrons. The van der Waals surface area contributed by atoms with Gasteiger partial charge in [0.2, 0.25) is 5.91 Å². The number of carbonyl (C=O) groups is 3. The lowest BCUT2D eigenvalue weighted by molar-refractivity contribution is -0.122. The van der Waals surface area contributed by atoms with E-state index in [1.165, 1.54) is 4.90 Å².